The Bertz CT molecular complexity index is 455. The van der Waals surface area contributed by atoms with Crippen LogP contribution in [0.4, 0.5) is 11.4 Å². The Morgan fingerprint density at radius 3 is 2.89 bits per heavy atom. The number of hydrogen-bond acceptors (Lipinski definition) is 4. The van der Waals surface area contributed by atoms with E-state index in [-0.39, 0.29) is 5.97 Å². The second kappa shape index (κ2) is 5.95. The van der Waals surface area contributed by atoms with Crippen molar-refractivity contribution in [3.05, 3.63) is 23.8 Å². The molecule has 0 bridgehead atoms. The maximum atomic E-state index is 11.7. The van der Waals surface area contributed by atoms with Gasteiger partial charge >= 0.3 is 5.97 Å². The maximum absolute atomic E-state index is 11.7. The van der Waals surface area contributed by atoms with E-state index in [9.17, 15) is 4.79 Å². The standard InChI is InChI=1S/C15H22N2O2/c1-3-19-15(18)12-6-7-13(16)14(8-12)17-9-10(2)11-4-5-11/h6-8,10-11,17H,3-5,9,16H2,1-2H3. The summed E-state index contributed by atoms with van der Waals surface area (Å²) in [6.45, 7) is 5.31. The molecular formula is C15H22N2O2. The average molecular weight is 262 g/mol. The molecule has 1 fully saturated rings. The molecule has 0 heterocycles. The van der Waals surface area contributed by atoms with Gasteiger partial charge in [0.2, 0.25) is 0 Å². The van der Waals surface area contributed by atoms with Crippen molar-refractivity contribution in [3.8, 4) is 0 Å². The molecule has 19 heavy (non-hydrogen) atoms. The van der Waals surface area contributed by atoms with Crippen molar-refractivity contribution in [1.29, 1.82) is 0 Å². The van der Waals surface area contributed by atoms with E-state index < -0.39 is 0 Å². The summed E-state index contributed by atoms with van der Waals surface area (Å²) in [7, 11) is 0. The third-order valence-corrected chi connectivity index (χ3v) is 3.61. The summed E-state index contributed by atoms with van der Waals surface area (Å²) in [6, 6.07) is 5.21. The highest BCUT2D eigenvalue weighted by molar-refractivity contribution is 5.92. The predicted octanol–water partition coefficient (Wildman–Crippen LogP) is 2.90. The second-order valence-corrected chi connectivity index (χ2v) is 5.22. The van der Waals surface area contributed by atoms with Gasteiger partial charge in [-0.15, -0.1) is 0 Å². The zero-order valence-corrected chi connectivity index (χ0v) is 11.6. The molecule has 1 atom stereocenters. The molecule has 3 N–H and O–H groups in total. The van der Waals surface area contributed by atoms with E-state index in [1.54, 1.807) is 25.1 Å². The number of carbonyl (C=O) groups excluding carboxylic acids is 1. The lowest BCUT2D eigenvalue weighted by Gasteiger charge is -2.15. The molecular weight excluding hydrogens is 240 g/mol. The Morgan fingerprint density at radius 1 is 1.53 bits per heavy atom. The van der Waals surface area contributed by atoms with Crippen LogP contribution < -0.4 is 11.1 Å². The monoisotopic (exact) mass is 262 g/mol. The minimum absolute atomic E-state index is 0.305. The lowest BCUT2D eigenvalue weighted by molar-refractivity contribution is 0.0526. The number of benzene rings is 1. The van der Waals surface area contributed by atoms with Gasteiger partial charge in [-0.25, -0.2) is 4.79 Å². The van der Waals surface area contributed by atoms with E-state index in [0.29, 0.717) is 23.8 Å². The van der Waals surface area contributed by atoms with Crippen molar-refractivity contribution in [2.45, 2.75) is 26.7 Å². The fourth-order valence-corrected chi connectivity index (χ4v) is 2.15. The first-order chi connectivity index (χ1) is 9.11. The minimum Gasteiger partial charge on any atom is -0.462 e. The summed E-state index contributed by atoms with van der Waals surface area (Å²) < 4.78 is 4.99. The van der Waals surface area contributed by atoms with E-state index in [1.165, 1.54) is 12.8 Å². The number of hydrogen-bond donors (Lipinski definition) is 2. The van der Waals surface area contributed by atoms with E-state index in [4.69, 9.17) is 10.5 Å². The van der Waals surface area contributed by atoms with Crippen LogP contribution in [0.3, 0.4) is 0 Å². The van der Waals surface area contributed by atoms with Gasteiger partial charge in [-0.05, 0) is 49.8 Å². The van der Waals surface area contributed by atoms with Crippen LogP contribution in [-0.4, -0.2) is 19.1 Å². The van der Waals surface area contributed by atoms with Crippen LogP contribution in [0.5, 0.6) is 0 Å². The fourth-order valence-electron chi connectivity index (χ4n) is 2.15. The molecule has 1 aliphatic carbocycles. The zero-order chi connectivity index (χ0) is 13.8. The average Bonchev–Trinajstić information content (AvgIpc) is 3.22. The van der Waals surface area contributed by atoms with Crippen LogP contribution in [0, 0.1) is 11.8 Å². The molecule has 104 valence electrons. The largest absolute Gasteiger partial charge is 0.462 e. The molecule has 1 aromatic rings. The van der Waals surface area contributed by atoms with Crippen LogP contribution in [0.25, 0.3) is 0 Å². The number of rotatable bonds is 6. The third-order valence-electron chi connectivity index (χ3n) is 3.61. The molecule has 0 amide bonds. The number of anilines is 2. The van der Waals surface area contributed by atoms with Crippen molar-refractivity contribution in [2.24, 2.45) is 11.8 Å². The summed E-state index contributed by atoms with van der Waals surface area (Å²) in [5.41, 5.74) is 7.95. The van der Waals surface area contributed by atoms with Crippen molar-refractivity contribution in [2.75, 3.05) is 24.2 Å². The number of esters is 1. The molecule has 4 heteroatoms. The van der Waals surface area contributed by atoms with E-state index in [1.807, 2.05) is 0 Å². The first-order valence-corrected chi connectivity index (χ1v) is 6.92. The maximum Gasteiger partial charge on any atom is 0.338 e. The predicted molar refractivity (Wildman–Crippen MR) is 77.2 cm³/mol. The molecule has 0 saturated heterocycles. The Balaban J connectivity index is 2.01. The highest BCUT2D eigenvalue weighted by atomic mass is 16.5. The molecule has 0 radical (unpaired) electrons. The molecule has 1 saturated carbocycles. The topological polar surface area (TPSA) is 64.3 Å². The highest BCUT2D eigenvalue weighted by Crippen LogP contribution is 2.36. The summed E-state index contributed by atoms with van der Waals surface area (Å²) in [5.74, 6) is 1.19. The Hall–Kier alpha value is -1.71. The van der Waals surface area contributed by atoms with E-state index in [2.05, 4.69) is 12.2 Å². The van der Waals surface area contributed by atoms with Gasteiger partial charge in [0.15, 0.2) is 0 Å². The van der Waals surface area contributed by atoms with Gasteiger partial charge in [-0.3, -0.25) is 0 Å². The van der Waals surface area contributed by atoms with E-state index in [0.717, 1.165) is 18.2 Å². The Kier molecular flexibility index (Phi) is 4.30. The van der Waals surface area contributed by atoms with Crippen LogP contribution in [0.15, 0.2) is 18.2 Å². The first-order valence-electron chi connectivity index (χ1n) is 6.92. The number of nitrogens with two attached hydrogens (primary N) is 1. The van der Waals surface area contributed by atoms with Gasteiger partial charge in [0.25, 0.3) is 0 Å². The second-order valence-electron chi connectivity index (χ2n) is 5.22. The molecule has 0 aromatic heterocycles. The molecule has 4 nitrogen and oxygen atoms in total. The lowest BCUT2D eigenvalue weighted by atomic mass is 10.1. The smallest absolute Gasteiger partial charge is 0.338 e. The lowest BCUT2D eigenvalue weighted by Crippen LogP contribution is -2.14. The van der Waals surface area contributed by atoms with Crippen molar-refractivity contribution < 1.29 is 9.53 Å². The Labute approximate surface area is 114 Å². The highest BCUT2D eigenvalue weighted by Gasteiger charge is 2.27. The summed E-state index contributed by atoms with van der Waals surface area (Å²) in [4.78, 5) is 11.7. The van der Waals surface area contributed by atoms with Gasteiger partial charge in [-0.1, -0.05) is 6.92 Å². The number of nitrogens with one attached hydrogen (secondary N) is 1. The van der Waals surface area contributed by atoms with Crippen LogP contribution in [0.1, 0.15) is 37.0 Å². The summed E-state index contributed by atoms with van der Waals surface area (Å²) >= 11 is 0. The minimum atomic E-state index is -0.305. The fraction of sp³-hybridized carbons (Fsp3) is 0.533. The number of nitrogen functional groups attached to an aromatic ring is 1. The van der Waals surface area contributed by atoms with Gasteiger partial charge in [0.05, 0.1) is 23.5 Å². The quantitative estimate of drug-likeness (QED) is 0.611. The van der Waals surface area contributed by atoms with Gasteiger partial charge < -0.3 is 15.8 Å². The van der Waals surface area contributed by atoms with Gasteiger partial charge in [-0.2, -0.15) is 0 Å². The van der Waals surface area contributed by atoms with Gasteiger partial charge in [0, 0.05) is 6.54 Å². The first kappa shape index (κ1) is 13.7. The number of ether oxygens (including phenoxy) is 1. The summed E-state index contributed by atoms with van der Waals surface area (Å²) in [5, 5.41) is 3.34. The number of carbonyl (C=O) groups is 1. The molecule has 0 aliphatic heterocycles. The normalized spacial score (nSPS) is 15.9. The molecule has 2 rings (SSSR count). The molecule has 1 aromatic carbocycles. The van der Waals surface area contributed by atoms with Crippen molar-refractivity contribution >= 4 is 17.3 Å². The van der Waals surface area contributed by atoms with Crippen molar-refractivity contribution in [1.82, 2.24) is 0 Å². The molecule has 0 spiro atoms. The van der Waals surface area contributed by atoms with Gasteiger partial charge in [0.1, 0.15) is 0 Å². The van der Waals surface area contributed by atoms with Crippen LogP contribution in [-0.2, 0) is 4.74 Å². The van der Waals surface area contributed by atoms with Crippen LogP contribution >= 0.6 is 0 Å². The van der Waals surface area contributed by atoms with Crippen LogP contribution in [0.2, 0.25) is 0 Å². The molecule has 1 unspecified atom stereocenters. The van der Waals surface area contributed by atoms with E-state index >= 15 is 0 Å². The summed E-state index contributed by atoms with van der Waals surface area (Å²) in [6.07, 6.45) is 2.67. The third kappa shape index (κ3) is 3.63. The van der Waals surface area contributed by atoms with Crippen molar-refractivity contribution in [3.63, 3.8) is 0 Å². The zero-order valence-electron chi connectivity index (χ0n) is 11.6. The molecule has 1 aliphatic rings. The SMILES string of the molecule is CCOC(=O)c1ccc(N)c(NCC(C)C2CC2)c1. The Morgan fingerprint density at radius 2 is 2.26 bits per heavy atom.